The molecule has 0 aliphatic heterocycles. The molecule has 1 aromatic heterocycles. The SMILES string of the molecule is CCSc1nnc(COc2ccc(Br)cc2)n1C. The van der Waals surface area contributed by atoms with Crippen molar-refractivity contribution in [1.82, 2.24) is 14.8 Å². The van der Waals surface area contributed by atoms with Gasteiger partial charge in [0.15, 0.2) is 11.0 Å². The summed E-state index contributed by atoms with van der Waals surface area (Å²) in [4.78, 5) is 0. The predicted molar refractivity (Wildman–Crippen MR) is 75.9 cm³/mol. The summed E-state index contributed by atoms with van der Waals surface area (Å²) < 4.78 is 8.67. The summed E-state index contributed by atoms with van der Waals surface area (Å²) in [6, 6.07) is 7.74. The lowest BCUT2D eigenvalue weighted by Crippen LogP contribution is -2.04. The van der Waals surface area contributed by atoms with Crippen LogP contribution in [0.4, 0.5) is 0 Å². The van der Waals surface area contributed by atoms with Gasteiger partial charge in [-0.15, -0.1) is 10.2 Å². The molecule has 2 aromatic rings. The van der Waals surface area contributed by atoms with E-state index in [9.17, 15) is 0 Å². The Labute approximate surface area is 119 Å². The van der Waals surface area contributed by atoms with Crippen molar-refractivity contribution >= 4 is 27.7 Å². The molecule has 18 heavy (non-hydrogen) atoms. The van der Waals surface area contributed by atoms with Crippen LogP contribution in [0.5, 0.6) is 5.75 Å². The van der Waals surface area contributed by atoms with Gasteiger partial charge in [-0.05, 0) is 30.0 Å². The topological polar surface area (TPSA) is 39.9 Å². The first-order valence-corrected chi connectivity index (χ1v) is 7.38. The molecule has 0 aliphatic carbocycles. The van der Waals surface area contributed by atoms with Crippen LogP contribution >= 0.6 is 27.7 Å². The van der Waals surface area contributed by atoms with Gasteiger partial charge in [-0.2, -0.15) is 0 Å². The van der Waals surface area contributed by atoms with Gasteiger partial charge in [0, 0.05) is 11.5 Å². The summed E-state index contributed by atoms with van der Waals surface area (Å²) in [5, 5.41) is 9.17. The number of rotatable bonds is 5. The van der Waals surface area contributed by atoms with E-state index in [1.165, 1.54) is 0 Å². The van der Waals surface area contributed by atoms with Gasteiger partial charge in [0.25, 0.3) is 0 Å². The maximum atomic E-state index is 5.67. The Morgan fingerprint density at radius 3 is 2.67 bits per heavy atom. The summed E-state index contributed by atoms with van der Waals surface area (Å²) in [7, 11) is 1.96. The average Bonchev–Trinajstić information content (AvgIpc) is 2.71. The van der Waals surface area contributed by atoms with Gasteiger partial charge in [-0.3, -0.25) is 0 Å². The maximum Gasteiger partial charge on any atom is 0.191 e. The standard InChI is InChI=1S/C12H14BrN3OS/c1-3-18-12-15-14-11(16(12)2)8-17-10-6-4-9(13)5-7-10/h4-7H,3,8H2,1-2H3. The highest BCUT2D eigenvalue weighted by molar-refractivity contribution is 9.10. The van der Waals surface area contributed by atoms with Crippen LogP contribution in [-0.4, -0.2) is 20.5 Å². The van der Waals surface area contributed by atoms with Crippen molar-refractivity contribution in [2.75, 3.05) is 5.75 Å². The minimum absolute atomic E-state index is 0.426. The second-order valence-corrected chi connectivity index (χ2v) is 5.78. The van der Waals surface area contributed by atoms with E-state index in [4.69, 9.17) is 4.74 Å². The van der Waals surface area contributed by atoms with Crippen LogP contribution in [0.15, 0.2) is 33.9 Å². The van der Waals surface area contributed by atoms with Crippen LogP contribution in [0.1, 0.15) is 12.7 Å². The first kappa shape index (κ1) is 13.4. The predicted octanol–water partition coefficient (Wildman–Crippen LogP) is 3.27. The van der Waals surface area contributed by atoms with E-state index < -0.39 is 0 Å². The van der Waals surface area contributed by atoms with Crippen LogP contribution in [0.2, 0.25) is 0 Å². The summed E-state index contributed by atoms with van der Waals surface area (Å²) in [6.07, 6.45) is 0. The Balaban J connectivity index is 1.99. The van der Waals surface area contributed by atoms with Crippen molar-refractivity contribution in [2.45, 2.75) is 18.7 Å². The van der Waals surface area contributed by atoms with E-state index in [0.717, 1.165) is 27.0 Å². The van der Waals surface area contributed by atoms with Crippen molar-refractivity contribution in [1.29, 1.82) is 0 Å². The number of ether oxygens (including phenoxy) is 1. The molecule has 0 saturated heterocycles. The molecule has 0 spiro atoms. The Kier molecular flexibility index (Phi) is 4.66. The highest BCUT2D eigenvalue weighted by Gasteiger charge is 2.08. The first-order valence-electron chi connectivity index (χ1n) is 5.60. The summed E-state index contributed by atoms with van der Waals surface area (Å²) in [5.74, 6) is 2.64. The van der Waals surface area contributed by atoms with Gasteiger partial charge in [0.2, 0.25) is 0 Å². The van der Waals surface area contributed by atoms with Crippen LogP contribution < -0.4 is 4.74 Å². The van der Waals surface area contributed by atoms with E-state index in [-0.39, 0.29) is 0 Å². The van der Waals surface area contributed by atoms with Gasteiger partial charge >= 0.3 is 0 Å². The van der Waals surface area contributed by atoms with Gasteiger partial charge in [0.05, 0.1) is 0 Å². The second kappa shape index (κ2) is 6.24. The number of benzene rings is 1. The van der Waals surface area contributed by atoms with Crippen molar-refractivity contribution in [3.63, 3.8) is 0 Å². The van der Waals surface area contributed by atoms with Gasteiger partial charge in [0.1, 0.15) is 12.4 Å². The van der Waals surface area contributed by atoms with E-state index in [1.54, 1.807) is 11.8 Å². The molecular weight excluding hydrogens is 314 g/mol. The van der Waals surface area contributed by atoms with Gasteiger partial charge in [-0.1, -0.05) is 34.6 Å². The molecule has 0 radical (unpaired) electrons. The molecule has 0 amide bonds. The molecule has 0 atom stereocenters. The zero-order valence-electron chi connectivity index (χ0n) is 10.3. The minimum atomic E-state index is 0.426. The van der Waals surface area contributed by atoms with E-state index in [0.29, 0.717) is 6.61 Å². The van der Waals surface area contributed by atoms with Crippen LogP contribution in [-0.2, 0) is 13.7 Å². The lowest BCUT2D eigenvalue weighted by atomic mass is 10.3. The van der Waals surface area contributed by atoms with Crippen LogP contribution in [0.25, 0.3) is 0 Å². The Morgan fingerprint density at radius 1 is 1.28 bits per heavy atom. The third kappa shape index (κ3) is 3.26. The summed E-state index contributed by atoms with van der Waals surface area (Å²) in [5.41, 5.74) is 0. The normalized spacial score (nSPS) is 10.6. The average molecular weight is 328 g/mol. The summed E-state index contributed by atoms with van der Waals surface area (Å²) in [6.45, 7) is 2.52. The van der Waals surface area contributed by atoms with Gasteiger partial charge in [-0.25, -0.2) is 0 Å². The lowest BCUT2D eigenvalue weighted by molar-refractivity contribution is 0.290. The van der Waals surface area contributed by atoms with E-state index in [2.05, 4.69) is 33.1 Å². The zero-order valence-corrected chi connectivity index (χ0v) is 12.7. The Bertz CT molecular complexity index is 513. The van der Waals surface area contributed by atoms with E-state index >= 15 is 0 Å². The number of hydrogen-bond donors (Lipinski definition) is 0. The molecule has 1 aromatic carbocycles. The maximum absolute atomic E-state index is 5.67. The smallest absolute Gasteiger partial charge is 0.191 e. The highest BCUT2D eigenvalue weighted by Crippen LogP contribution is 2.18. The minimum Gasteiger partial charge on any atom is -0.486 e. The molecule has 6 heteroatoms. The van der Waals surface area contributed by atoms with Crippen molar-refractivity contribution < 1.29 is 4.74 Å². The van der Waals surface area contributed by atoms with Crippen molar-refractivity contribution in [3.8, 4) is 5.75 Å². The molecule has 0 N–H and O–H groups in total. The number of aromatic nitrogens is 3. The number of nitrogens with zero attached hydrogens (tertiary/aromatic N) is 3. The quantitative estimate of drug-likeness (QED) is 0.790. The van der Waals surface area contributed by atoms with E-state index in [1.807, 2.05) is 35.9 Å². The van der Waals surface area contributed by atoms with Crippen LogP contribution in [0, 0.1) is 0 Å². The van der Waals surface area contributed by atoms with Crippen LogP contribution in [0.3, 0.4) is 0 Å². The third-order valence-corrected chi connectivity index (χ3v) is 3.81. The molecule has 2 rings (SSSR count). The molecule has 0 saturated carbocycles. The molecule has 0 aliphatic rings. The fraction of sp³-hybridized carbons (Fsp3) is 0.333. The molecule has 0 fully saturated rings. The second-order valence-electron chi connectivity index (χ2n) is 3.63. The molecule has 4 nitrogen and oxygen atoms in total. The highest BCUT2D eigenvalue weighted by atomic mass is 79.9. The molecular formula is C12H14BrN3OS. The largest absolute Gasteiger partial charge is 0.486 e. The monoisotopic (exact) mass is 327 g/mol. The van der Waals surface area contributed by atoms with Crippen molar-refractivity contribution in [2.24, 2.45) is 7.05 Å². The Morgan fingerprint density at radius 2 is 2.00 bits per heavy atom. The van der Waals surface area contributed by atoms with Crippen molar-refractivity contribution in [3.05, 3.63) is 34.6 Å². The first-order chi connectivity index (χ1) is 8.70. The fourth-order valence-corrected chi connectivity index (χ4v) is 2.32. The molecule has 96 valence electrons. The lowest BCUT2D eigenvalue weighted by Gasteiger charge is -2.06. The molecule has 1 heterocycles. The summed E-state index contributed by atoms with van der Waals surface area (Å²) >= 11 is 5.06. The zero-order chi connectivity index (χ0) is 13.0. The number of hydrogen-bond acceptors (Lipinski definition) is 4. The molecule has 0 bridgehead atoms. The number of thioether (sulfide) groups is 1. The third-order valence-electron chi connectivity index (χ3n) is 2.38. The Hall–Kier alpha value is -1.01. The molecule has 0 unspecified atom stereocenters. The fourth-order valence-electron chi connectivity index (χ4n) is 1.40. The number of halogens is 1. The van der Waals surface area contributed by atoms with Gasteiger partial charge < -0.3 is 9.30 Å².